The number of fused-ring (bicyclic) bond motifs is 1. The summed E-state index contributed by atoms with van der Waals surface area (Å²) >= 11 is 7.80. The van der Waals surface area contributed by atoms with Gasteiger partial charge >= 0.3 is 5.97 Å². The lowest BCUT2D eigenvalue weighted by atomic mass is 9.96. The second-order valence-electron chi connectivity index (χ2n) is 8.53. The van der Waals surface area contributed by atoms with Crippen LogP contribution >= 0.6 is 23.4 Å². The first-order valence-electron chi connectivity index (χ1n) is 11.5. The van der Waals surface area contributed by atoms with Crippen LogP contribution in [0.4, 0.5) is 5.95 Å². The van der Waals surface area contributed by atoms with E-state index in [4.69, 9.17) is 21.4 Å². The lowest BCUT2D eigenvalue weighted by molar-refractivity contribution is -0.146. The quantitative estimate of drug-likeness (QED) is 0.342. The summed E-state index contributed by atoms with van der Waals surface area (Å²) in [5.74, 6) is 0.892. The molecule has 1 aliphatic heterocycles. The van der Waals surface area contributed by atoms with E-state index in [9.17, 15) is 4.79 Å². The number of carbonyl (C=O) groups is 1. The first-order valence-corrected chi connectivity index (χ1v) is 12.9. The summed E-state index contributed by atoms with van der Waals surface area (Å²) in [6, 6.07) is 12.9. The van der Waals surface area contributed by atoms with Crippen molar-refractivity contribution in [3.63, 3.8) is 0 Å². The Morgan fingerprint density at radius 1 is 1.18 bits per heavy atom. The standard InChI is InChI=1S/C25H26ClN5O2S/c1-16-21(23(32)33-18-10-3-2-4-11-18)22(20-13-7-8-14-27-20)31-24(28-16)29-25(30-31)34-15-17-9-5-6-12-19(17)26/h5-9,12-14,18,22H,2-4,10-11,15H2,1H3,(H,28,29,30). The molecule has 0 saturated heterocycles. The van der Waals surface area contributed by atoms with Gasteiger partial charge in [0.1, 0.15) is 12.1 Å². The summed E-state index contributed by atoms with van der Waals surface area (Å²) in [4.78, 5) is 22.6. The van der Waals surface area contributed by atoms with Crippen LogP contribution in [0, 0.1) is 0 Å². The van der Waals surface area contributed by atoms with Crippen molar-refractivity contribution in [1.29, 1.82) is 0 Å². The highest BCUT2D eigenvalue weighted by Gasteiger charge is 2.37. The molecular weight excluding hydrogens is 470 g/mol. The summed E-state index contributed by atoms with van der Waals surface area (Å²) in [6.45, 7) is 1.88. The number of pyridine rings is 1. The average Bonchev–Trinajstić information content (AvgIpc) is 3.26. The van der Waals surface area contributed by atoms with E-state index in [0.29, 0.717) is 38.8 Å². The monoisotopic (exact) mass is 495 g/mol. The Bertz CT molecular complexity index is 1210. The number of esters is 1. The molecule has 0 spiro atoms. The minimum absolute atomic E-state index is 0.0372. The molecule has 176 valence electrons. The fraction of sp³-hybridized carbons (Fsp3) is 0.360. The van der Waals surface area contributed by atoms with Crippen LogP contribution in [0.25, 0.3) is 0 Å². The fourth-order valence-corrected chi connectivity index (χ4v) is 5.54. The number of hydrogen-bond donors (Lipinski definition) is 1. The van der Waals surface area contributed by atoms with E-state index in [0.717, 1.165) is 31.2 Å². The third-order valence-electron chi connectivity index (χ3n) is 6.16. The molecule has 1 fully saturated rings. The molecular formula is C25H26ClN5O2S. The minimum Gasteiger partial charge on any atom is -0.459 e. The van der Waals surface area contributed by atoms with Gasteiger partial charge in [-0.15, -0.1) is 5.10 Å². The molecule has 34 heavy (non-hydrogen) atoms. The second kappa shape index (κ2) is 10.2. The number of carbonyl (C=O) groups excluding carboxylic acids is 1. The van der Waals surface area contributed by atoms with Crippen molar-refractivity contribution in [2.24, 2.45) is 0 Å². The summed E-state index contributed by atoms with van der Waals surface area (Å²) < 4.78 is 7.69. The maximum atomic E-state index is 13.4. The molecule has 3 heterocycles. The van der Waals surface area contributed by atoms with Gasteiger partial charge in [0.2, 0.25) is 11.1 Å². The SMILES string of the molecule is CC1=C(C(=O)OC2CCCCC2)C(c2ccccn2)n2nc(SCc3ccccc3Cl)nc2N1. The first-order chi connectivity index (χ1) is 16.6. The van der Waals surface area contributed by atoms with Gasteiger partial charge in [-0.3, -0.25) is 4.98 Å². The highest BCUT2D eigenvalue weighted by molar-refractivity contribution is 7.98. The molecule has 5 rings (SSSR count). The van der Waals surface area contributed by atoms with Crippen molar-refractivity contribution in [2.75, 3.05) is 5.32 Å². The minimum atomic E-state index is -0.518. The number of aromatic nitrogens is 4. The van der Waals surface area contributed by atoms with E-state index in [1.807, 2.05) is 49.4 Å². The smallest absolute Gasteiger partial charge is 0.338 e. The van der Waals surface area contributed by atoms with E-state index >= 15 is 0 Å². The topological polar surface area (TPSA) is 81.9 Å². The van der Waals surface area contributed by atoms with Gasteiger partial charge in [0, 0.05) is 22.7 Å². The van der Waals surface area contributed by atoms with Crippen LogP contribution in [0.1, 0.15) is 56.3 Å². The van der Waals surface area contributed by atoms with Gasteiger partial charge in [0.15, 0.2) is 0 Å². The normalized spacial score (nSPS) is 18.4. The molecule has 9 heteroatoms. The molecule has 1 atom stereocenters. The third kappa shape index (κ3) is 4.83. The molecule has 3 aromatic rings. The summed E-state index contributed by atoms with van der Waals surface area (Å²) in [6.07, 6.45) is 6.90. The van der Waals surface area contributed by atoms with Crippen molar-refractivity contribution in [3.8, 4) is 0 Å². The Kier molecular flexibility index (Phi) is 6.87. The van der Waals surface area contributed by atoms with Gasteiger partial charge in [0.05, 0.1) is 11.3 Å². The summed E-state index contributed by atoms with van der Waals surface area (Å²) in [5, 5.41) is 9.32. The molecule has 0 radical (unpaired) electrons. The van der Waals surface area contributed by atoms with Gasteiger partial charge < -0.3 is 10.1 Å². The van der Waals surface area contributed by atoms with E-state index in [1.165, 1.54) is 18.2 Å². The number of nitrogens with one attached hydrogen (secondary N) is 1. The van der Waals surface area contributed by atoms with Gasteiger partial charge in [-0.1, -0.05) is 54.0 Å². The zero-order valence-electron chi connectivity index (χ0n) is 18.9. The maximum absolute atomic E-state index is 13.4. The van der Waals surface area contributed by atoms with E-state index in [1.54, 1.807) is 10.9 Å². The Morgan fingerprint density at radius 3 is 2.74 bits per heavy atom. The van der Waals surface area contributed by atoms with Crippen molar-refractivity contribution in [1.82, 2.24) is 19.7 Å². The summed E-state index contributed by atoms with van der Waals surface area (Å²) in [5.41, 5.74) is 2.96. The van der Waals surface area contributed by atoms with Gasteiger partial charge in [-0.05, 0) is 56.4 Å². The lowest BCUT2D eigenvalue weighted by Gasteiger charge is -2.29. The van der Waals surface area contributed by atoms with Gasteiger partial charge in [-0.25, -0.2) is 9.48 Å². The van der Waals surface area contributed by atoms with Crippen LogP contribution in [0.2, 0.25) is 5.02 Å². The molecule has 7 nitrogen and oxygen atoms in total. The van der Waals surface area contributed by atoms with Crippen LogP contribution < -0.4 is 5.32 Å². The molecule has 0 amide bonds. The number of benzene rings is 1. The molecule has 0 bridgehead atoms. The number of anilines is 1. The molecule has 2 aromatic heterocycles. The first kappa shape index (κ1) is 22.9. The summed E-state index contributed by atoms with van der Waals surface area (Å²) in [7, 11) is 0. The van der Waals surface area contributed by atoms with E-state index in [2.05, 4.69) is 15.3 Å². The molecule has 1 saturated carbocycles. The Hall–Kier alpha value is -2.84. The third-order valence-corrected chi connectivity index (χ3v) is 7.42. The van der Waals surface area contributed by atoms with Crippen LogP contribution in [-0.4, -0.2) is 31.8 Å². The van der Waals surface area contributed by atoms with Crippen LogP contribution in [-0.2, 0) is 15.3 Å². The van der Waals surface area contributed by atoms with Crippen LogP contribution in [0.3, 0.4) is 0 Å². The zero-order valence-corrected chi connectivity index (χ0v) is 20.5. The van der Waals surface area contributed by atoms with Gasteiger partial charge in [0.25, 0.3) is 0 Å². The Morgan fingerprint density at radius 2 is 1.97 bits per heavy atom. The average molecular weight is 496 g/mol. The van der Waals surface area contributed by atoms with Gasteiger partial charge in [-0.2, -0.15) is 4.98 Å². The molecule has 1 aliphatic carbocycles. The number of halogens is 1. The molecule has 1 N–H and O–H groups in total. The second-order valence-corrected chi connectivity index (χ2v) is 9.88. The highest BCUT2D eigenvalue weighted by atomic mass is 35.5. The molecule has 2 aliphatic rings. The van der Waals surface area contributed by atoms with Crippen molar-refractivity contribution < 1.29 is 9.53 Å². The highest BCUT2D eigenvalue weighted by Crippen LogP contribution is 2.37. The largest absolute Gasteiger partial charge is 0.459 e. The Balaban J connectivity index is 1.44. The number of rotatable bonds is 6. The predicted octanol–water partition coefficient (Wildman–Crippen LogP) is 5.78. The number of ether oxygens (including phenoxy) is 1. The van der Waals surface area contributed by atoms with Crippen LogP contribution in [0.15, 0.2) is 65.1 Å². The number of hydrogen-bond acceptors (Lipinski definition) is 7. The van der Waals surface area contributed by atoms with Crippen molar-refractivity contribution in [2.45, 2.75) is 62.1 Å². The molecule has 1 unspecified atom stereocenters. The van der Waals surface area contributed by atoms with E-state index in [-0.39, 0.29) is 12.1 Å². The maximum Gasteiger partial charge on any atom is 0.338 e. The van der Waals surface area contributed by atoms with Crippen molar-refractivity contribution in [3.05, 3.63) is 76.2 Å². The number of nitrogens with zero attached hydrogens (tertiary/aromatic N) is 4. The van der Waals surface area contributed by atoms with E-state index < -0.39 is 6.04 Å². The fourth-order valence-electron chi connectivity index (χ4n) is 4.42. The van der Waals surface area contributed by atoms with Crippen LogP contribution in [0.5, 0.6) is 0 Å². The number of thioether (sulfide) groups is 1. The van der Waals surface area contributed by atoms with Crippen molar-refractivity contribution >= 4 is 35.3 Å². The zero-order chi connectivity index (χ0) is 23.5. The molecule has 1 aromatic carbocycles. The Labute approximate surface area is 208 Å². The lowest BCUT2D eigenvalue weighted by Crippen LogP contribution is -2.32. The number of allylic oxidation sites excluding steroid dienone is 1. The predicted molar refractivity (Wildman–Crippen MR) is 133 cm³/mol.